The molecule has 1 aromatic carbocycles. The molecule has 0 aliphatic heterocycles. The molecule has 0 aliphatic rings. The molecule has 0 heterocycles. The van der Waals surface area contributed by atoms with E-state index in [1.54, 1.807) is 12.1 Å². The van der Waals surface area contributed by atoms with Crippen LogP contribution < -0.4 is 0 Å². The number of benzene rings is 1. The molecule has 0 amide bonds. The number of para-hydroxylation sites is 1. The summed E-state index contributed by atoms with van der Waals surface area (Å²) >= 11 is 0. The summed E-state index contributed by atoms with van der Waals surface area (Å²) in [5.41, 5.74) is 0.480. The van der Waals surface area contributed by atoms with Crippen LogP contribution in [0.2, 0.25) is 0 Å². The van der Waals surface area contributed by atoms with Crippen LogP contribution in [0.5, 0.6) is 11.5 Å². The molecule has 2 N–H and O–H groups in total. The minimum atomic E-state index is -0.985. The summed E-state index contributed by atoms with van der Waals surface area (Å²) < 4.78 is 11.5. The molecule has 0 saturated heterocycles. The van der Waals surface area contributed by atoms with E-state index < -0.39 is 5.79 Å². The lowest BCUT2D eigenvalue weighted by Gasteiger charge is -2.34. The van der Waals surface area contributed by atoms with Gasteiger partial charge in [-0.15, -0.1) is 0 Å². The fourth-order valence-corrected chi connectivity index (χ4v) is 2.11. The Morgan fingerprint density at radius 3 is 2.17 bits per heavy atom. The number of ether oxygens (including phenoxy) is 2. The van der Waals surface area contributed by atoms with Crippen molar-refractivity contribution in [3.05, 3.63) is 23.8 Å². The molecule has 4 nitrogen and oxygen atoms in total. The van der Waals surface area contributed by atoms with Crippen LogP contribution in [0, 0.1) is 0 Å². The van der Waals surface area contributed by atoms with Crippen LogP contribution in [-0.2, 0) is 15.3 Å². The summed E-state index contributed by atoms with van der Waals surface area (Å²) in [5, 5.41) is 19.6. The maximum Gasteiger partial charge on any atom is 0.198 e. The van der Waals surface area contributed by atoms with Gasteiger partial charge in [0, 0.05) is 19.6 Å². The first-order valence-corrected chi connectivity index (χ1v) is 6.40. The molecule has 0 saturated carbocycles. The van der Waals surface area contributed by atoms with Crippen molar-refractivity contribution in [2.45, 2.75) is 39.4 Å². The van der Waals surface area contributed by atoms with E-state index in [1.807, 2.05) is 20.8 Å². The second-order valence-electron chi connectivity index (χ2n) is 4.04. The predicted molar refractivity (Wildman–Crippen MR) is 69.6 cm³/mol. The summed E-state index contributed by atoms with van der Waals surface area (Å²) in [6.07, 6.45) is 1.46. The van der Waals surface area contributed by atoms with Gasteiger partial charge in [-0.05, 0) is 26.0 Å². The van der Waals surface area contributed by atoms with Crippen LogP contribution in [0.25, 0.3) is 0 Å². The molecule has 1 aromatic rings. The van der Waals surface area contributed by atoms with E-state index >= 15 is 0 Å². The van der Waals surface area contributed by atoms with E-state index in [2.05, 4.69) is 0 Å². The highest BCUT2D eigenvalue weighted by Gasteiger charge is 2.36. The van der Waals surface area contributed by atoms with Crippen molar-refractivity contribution in [1.29, 1.82) is 0 Å². The second kappa shape index (κ2) is 6.61. The molecule has 1 rings (SSSR count). The zero-order chi connectivity index (χ0) is 13.6. The largest absolute Gasteiger partial charge is 0.504 e. The fourth-order valence-electron chi connectivity index (χ4n) is 2.11. The molecule has 18 heavy (non-hydrogen) atoms. The number of phenolic OH excluding ortho intramolecular Hbond substituents is 2. The molecule has 0 bridgehead atoms. The smallest absolute Gasteiger partial charge is 0.198 e. The Morgan fingerprint density at radius 2 is 1.67 bits per heavy atom. The van der Waals surface area contributed by atoms with Crippen LogP contribution in [0.4, 0.5) is 0 Å². The average Bonchev–Trinajstić information content (AvgIpc) is 2.33. The molecular formula is C14H22O4. The molecule has 0 aliphatic carbocycles. The minimum absolute atomic E-state index is 0.160. The first kappa shape index (κ1) is 14.8. The summed E-state index contributed by atoms with van der Waals surface area (Å²) in [4.78, 5) is 0. The van der Waals surface area contributed by atoms with E-state index in [0.717, 1.165) is 6.42 Å². The third kappa shape index (κ3) is 2.94. The highest BCUT2D eigenvalue weighted by molar-refractivity contribution is 5.46. The Labute approximate surface area is 108 Å². The van der Waals surface area contributed by atoms with Crippen molar-refractivity contribution >= 4 is 0 Å². The summed E-state index contributed by atoms with van der Waals surface area (Å²) in [7, 11) is 0. The lowest BCUT2D eigenvalue weighted by atomic mass is 9.99. The maximum atomic E-state index is 10.0. The quantitative estimate of drug-likeness (QED) is 0.580. The van der Waals surface area contributed by atoms with Crippen molar-refractivity contribution in [2.24, 2.45) is 0 Å². The zero-order valence-electron chi connectivity index (χ0n) is 11.3. The Kier molecular flexibility index (Phi) is 5.44. The van der Waals surface area contributed by atoms with Gasteiger partial charge in [-0.3, -0.25) is 0 Å². The standard InChI is InChI=1S/C14H22O4/c1-4-10-14(17-5-2,18-6-3)11-8-7-9-12(15)13(11)16/h7-9,15-16H,4-6,10H2,1-3H3. The second-order valence-corrected chi connectivity index (χ2v) is 4.04. The SMILES string of the molecule is CCCC(OCC)(OCC)c1cccc(O)c1O. The zero-order valence-corrected chi connectivity index (χ0v) is 11.3. The molecule has 0 spiro atoms. The topological polar surface area (TPSA) is 58.9 Å². The monoisotopic (exact) mass is 254 g/mol. The number of phenols is 2. The van der Waals surface area contributed by atoms with Crippen LogP contribution in [0.3, 0.4) is 0 Å². The third-order valence-electron chi connectivity index (χ3n) is 2.76. The summed E-state index contributed by atoms with van der Waals surface area (Å²) in [6, 6.07) is 4.83. The van der Waals surface area contributed by atoms with E-state index in [4.69, 9.17) is 9.47 Å². The molecule has 0 fully saturated rings. The Hall–Kier alpha value is -1.26. The molecular weight excluding hydrogens is 232 g/mol. The van der Waals surface area contributed by atoms with Gasteiger partial charge in [0.1, 0.15) is 0 Å². The van der Waals surface area contributed by atoms with E-state index in [9.17, 15) is 10.2 Å². The van der Waals surface area contributed by atoms with Gasteiger partial charge in [0.15, 0.2) is 17.3 Å². The van der Waals surface area contributed by atoms with Gasteiger partial charge in [-0.1, -0.05) is 19.4 Å². The van der Waals surface area contributed by atoms with Gasteiger partial charge in [-0.2, -0.15) is 0 Å². The number of hydrogen-bond acceptors (Lipinski definition) is 4. The van der Waals surface area contributed by atoms with E-state index in [1.165, 1.54) is 6.07 Å². The van der Waals surface area contributed by atoms with Gasteiger partial charge in [0.2, 0.25) is 0 Å². The summed E-state index contributed by atoms with van der Waals surface area (Å²) in [6.45, 7) is 6.71. The number of rotatable bonds is 7. The lowest BCUT2D eigenvalue weighted by Crippen LogP contribution is -2.33. The van der Waals surface area contributed by atoms with Gasteiger partial charge in [0.25, 0.3) is 0 Å². The van der Waals surface area contributed by atoms with Gasteiger partial charge >= 0.3 is 0 Å². The van der Waals surface area contributed by atoms with Gasteiger partial charge in [-0.25, -0.2) is 0 Å². The van der Waals surface area contributed by atoms with Crippen LogP contribution in [0.15, 0.2) is 18.2 Å². The van der Waals surface area contributed by atoms with Crippen LogP contribution >= 0.6 is 0 Å². The van der Waals surface area contributed by atoms with Gasteiger partial charge in [0.05, 0.1) is 5.56 Å². The fraction of sp³-hybridized carbons (Fsp3) is 0.571. The van der Waals surface area contributed by atoms with Crippen molar-refractivity contribution in [3.8, 4) is 11.5 Å². The maximum absolute atomic E-state index is 10.0. The third-order valence-corrected chi connectivity index (χ3v) is 2.76. The van der Waals surface area contributed by atoms with Crippen LogP contribution in [-0.4, -0.2) is 23.4 Å². The summed E-state index contributed by atoms with van der Waals surface area (Å²) in [5.74, 6) is -1.32. The van der Waals surface area contributed by atoms with Gasteiger partial charge < -0.3 is 19.7 Å². The number of hydrogen-bond donors (Lipinski definition) is 2. The molecule has 4 heteroatoms. The Morgan fingerprint density at radius 1 is 1.06 bits per heavy atom. The first-order chi connectivity index (χ1) is 8.61. The minimum Gasteiger partial charge on any atom is -0.504 e. The van der Waals surface area contributed by atoms with Crippen molar-refractivity contribution in [3.63, 3.8) is 0 Å². The van der Waals surface area contributed by atoms with Crippen molar-refractivity contribution in [2.75, 3.05) is 13.2 Å². The molecule has 0 atom stereocenters. The molecule has 0 radical (unpaired) electrons. The molecule has 0 aromatic heterocycles. The van der Waals surface area contributed by atoms with Crippen LogP contribution in [0.1, 0.15) is 39.2 Å². The van der Waals surface area contributed by atoms with E-state index in [-0.39, 0.29) is 11.5 Å². The Balaban J connectivity index is 3.25. The van der Waals surface area contributed by atoms with Crippen molar-refractivity contribution in [1.82, 2.24) is 0 Å². The molecule has 102 valence electrons. The van der Waals surface area contributed by atoms with E-state index in [0.29, 0.717) is 25.2 Å². The molecule has 0 unspecified atom stereocenters. The lowest BCUT2D eigenvalue weighted by molar-refractivity contribution is -0.247. The Bertz CT molecular complexity index is 359. The predicted octanol–water partition coefficient (Wildman–Crippen LogP) is 3.12. The first-order valence-electron chi connectivity index (χ1n) is 6.40. The normalized spacial score (nSPS) is 11.7. The highest BCUT2D eigenvalue weighted by Crippen LogP contribution is 2.41. The highest BCUT2D eigenvalue weighted by atomic mass is 16.7. The average molecular weight is 254 g/mol. The van der Waals surface area contributed by atoms with Crippen molar-refractivity contribution < 1.29 is 19.7 Å². The number of aromatic hydroxyl groups is 2.